The Morgan fingerprint density at radius 2 is 1.94 bits per heavy atom. The average molecular weight is 312 g/mol. The highest BCUT2D eigenvalue weighted by Crippen LogP contribution is 2.26. The Bertz CT molecular complexity index is 502. The molecule has 0 saturated carbocycles. The van der Waals surface area contributed by atoms with Gasteiger partial charge in [0.25, 0.3) is 0 Å². The minimum Gasteiger partial charge on any atom is -0.324 e. The molecule has 2 N–H and O–H groups in total. The van der Waals surface area contributed by atoms with Crippen molar-refractivity contribution in [3.8, 4) is 0 Å². The van der Waals surface area contributed by atoms with Gasteiger partial charge >= 0.3 is 0 Å². The lowest BCUT2D eigenvalue weighted by molar-refractivity contribution is 0.721. The standard InChI is InChI=1S/C13H12BrClN2/c14-11-2-1-10(8-12(11)15)13(16)7-9-3-5-17-6-4-9/h1-6,8,13H,7,16H2. The molecule has 0 spiro atoms. The SMILES string of the molecule is NC(Cc1ccncc1)c1ccc(Br)c(Cl)c1. The Morgan fingerprint density at radius 1 is 1.24 bits per heavy atom. The highest BCUT2D eigenvalue weighted by molar-refractivity contribution is 9.10. The maximum atomic E-state index is 6.15. The molecule has 2 aromatic rings. The molecule has 1 aromatic heterocycles. The van der Waals surface area contributed by atoms with Gasteiger partial charge in [-0.05, 0) is 57.7 Å². The van der Waals surface area contributed by atoms with E-state index in [1.165, 1.54) is 5.56 Å². The van der Waals surface area contributed by atoms with Crippen molar-refractivity contribution < 1.29 is 0 Å². The molecule has 0 aliphatic heterocycles. The van der Waals surface area contributed by atoms with Gasteiger partial charge in [0.2, 0.25) is 0 Å². The van der Waals surface area contributed by atoms with E-state index >= 15 is 0 Å². The van der Waals surface area contributed by atoms with Crippen molar-refractivity contribution >= 4 is 27.5 Å². The Kier molecular flexibility index (Phi) is 4.15. The summed E-state index contributed by atoms with van der Waals surface area (Å²) in [5.41, 5.74) is 8.36. The fourth-order valence-corrected chi connectivity index (χ4v) is 2.07. The number of pyridine rings is 1. The van der Waals surface area contributed by atoms with Crippen LogP contribution in [-0.4, -0.2) is 4.98 Å². The smallest absolute Gasteiger partial charge is 0.0551 e. The number of rotatable bonds is 3. The van der Waals surface area contributed by atoms with E-state index in [9.17, 15) is 0 Å². The number of aromatic nitrogens is 1. The third-order valence-electron chi connectivity index (χ3n) is 2.58. The molecule has 0 aliphatic rings. The van der Waals surface area contributed by atoms with Crippen LogP contribution in [0.15, 0.2) is 47.2 Å². The number of hydrogen-bond acceptors (Lipinski definition) is 2. The van der Waals surface area contributed by atoms with Crippen LogP contribution in [0.1, 0.15) is 17.2 Å². The van der Waals surface area contributed by atoms with E-state index in [2.05, 4.69) is 20.9 Å². The van der Waals surface area contributed by atoms with Gasteiger partial charge in [-0.3, -0.25) is 4.98 Å². The number of nitrogens with two attached hydrogens (primary N) is 1. The first-order valence-corrected chi connectivity index (χ1v) is 6.43. The van der Waals surface area contributed by atoms with Crippen molar-refractivity contribution in [3.05, 3.63) is 63.3 Å². The van der Waals surface area contributed by atoms with Gasteiger partial charge in [-0.15, -0.1) is 0 Å². The topological polar surface area (TPSA) is 38.9 Å². The summed E-state index contributed by atoms with van der Waals surface area (Å²) in [7, 11) is 0. The Labute approximate surface area is 114 Å². The lowest BCUT2D eigenvalue weighted by Crippen LogP contribution is -2.13. The van der Waals surface area contributed by atoms with Crippen molar-refractivity contribution in [1.29, 1.82) is 0 Å². The first kappa shape index (κ1) is 12.6. The highest BCUT2D eigenvalue weighted by atomic mass is 79.9. The van der Waals surface area contributed by atoms with Crippen LogP contribution in [0.5, 0.6) is 0 Å². The van der Waals surface area contributed by atoms with E-state index in [1.54, 1.807) is 12.4 Å². The molecule has 0 radical (unpaired) electrons. The summed E-state index contributed by atoms with van der Waals surface area (Å²) < 4.78 is 0.888. The van der Waals surface area contributed by atoms with Gasteiger partial charge < -0.3 is 5.73 Å². The number of hydrogen-bond donors (Lipinski definition) is 1. The molecule has 88 valence electrons. The van der Waals surface area contributed by atoms with E-state index in [4.69, 9.17) is 17.3 Å². The van der Waals surface area contributed by atoms with Crippen LogP contribution in [0, 0.1) is 0 Å². The molecule has 2 nitrogen and oxygen atoms in total. The van der Waals surface area contributed by atoms with E-state index < -0.39 is 0 Å². The lowest BCUT2D eigenvalue weighted by atomic mass is 10.0. The normalized spacial score (nSPS) is 12.4. The fraction of sp³-hybridized carbons (Fsp3) is 0.154. The van der Waals surface area contributed by atoms with Gasteiger partial charge in [0, 0.05) is 22.9 Å². The number of halogens is 2. The van der Waals surface area contributed by atoms with E-state index in [0.29, 0.717) is 5.02 Å². The minimum absolute atomic E-state index is 0.0528. The van der Waals surface area contributed by atoms with E-state index in [0.717, 1.165) is 16.5 Å². The molecule has 1 heterocycles. The summed E-state index contributed by atoms with van der Waals surface area (Å²) >= 11 is 9.41. The molecule has 0 amide bonds. The van der Waals surface area contributed by atoms with E-state index in [-0.39, 0.29) is 6.04 Å². The summed E-state index contributed by atoms with van der Waals surface area (Å²) in [6.07, 6.45) is 4.33. The summed E-state index contributed by atoms with van der Waals surface area (Å²) in [6.45, 7) is 0. The van der Waals surface area contributed by atoms with Crippen LogP contribution in [-0.2, 0) is 6.42 Å². The Balaban J connectivity index is 2.14. The molecule has 0 saturated heterocycles. The number of benzene rings is 1. The molecule has 1 aromatic carbocycles. The predicted octanol–water partition coefficient (Wildman–Crippen LogP) is 3.74. The largest absolute Gasteiger partial charge is 0.324 e. The first-order chi connectivity index (χ1) is 8.16. The maximum Gasteiger partial charge on any atom is 0.0551 e. The zero-order chi connectivity index (χ0) is 12.3. The maximum absolute atomic E-state index is 6.15. The Hall–Kier alpha value is -0.900. The van der Waals surface area contributed by atoms with E-state index in [1.807, 2.05) is 30.3 Å². The highest BCUT2D eigenvalue weighted by Gasteiger charge is 2.08. The van der Waals surface area contributed by atoms with Crippen molar-refractivity contribution in [2.45, 2.75) is 12.5 Å². The summed E-state index contributed by atoms with van der Waals surface area (Å²) in [4.78, 5) is 3.98. The monoisotopic (exact) mass is 310 g/mol. The second-order valence-corrected chi connectivity index (χ2v) is 5.10. The van der Waals surface area contributed by atoms with Gasteiger partial charge in [0.15, 0.2) is 0 Å². The molecular weight excluding hydrogens is 300 g/mol. The molecule has 1 atom stereocenters. The third kappa shape index (κ3) is 3.28. The van der Waals surface area contributed by atoms with Gasteiger partial charge in [-0.25, -0.2) is 0 Å². The van der Waals surface area contributed by atoms with Gasteiger partial charge in [0.05, 0.1) is 5.02 Å². The molecule has 4 heteroatoms. The summed E-state index contributed by atoms with van der Waals surface area (Å²) in [5.74, 6) is 0. The molecule has 0 fully saturated rings. The van der Waals surface area contributed by atoms with Crippen molar-refractivity contribution in [2.24, 2.45) is 5.73 Å². The Morgan fingerprint density at radius 3 is 2.59 bits per heavy atom. The average Bonchev–Trinajstić information content (AvgIpc) is 2.34. The van der Waals surface area contributed by atoms with Crippen LogP contribution in [0.3, 0.4) is 0 Å². The van der Waals surface area contributed by atoms with Gasteiger partial charge in [0.1, 0.15) is 0 Å². The van der Waals surface area contributed by atoms with Crippen molar-refractivity contribution in [1.82, 2.24) is 4.98 Å². The van der Waals surface area contributed by atoms with Crippen LogP contribution in [0.4, 0.5) is 0 Å². The summed E-state index contributed by atoms with van der Waals surface area (Å²) in [5, 5.41) is 0.688. The molecule has 0 aliphatic carbocycles. The minimum atomic E-state index is -0.0528. The van der Waals surface area contributed by atoms with Crippen LogP contribution in [0.2, 0.25) is 5.02 Å². The third-order valence-corrected chi connectivity index (χ3v) is 3.81. The predicted molar refractivity (Wildman–Crippen MR) is 74.0 cm³/mol. The fourth-order valence-electron chi connectivity index (χ4n) is 1.63. The zero-order valence-electron chi connectivity index (χ0n) is 9.11. The lowest BCUT2D eigenvalue weighted by Gasteiger charge is -2.12. The van der Waals surface area contributed by atoms with Crippen molar-refractivity contribution in [3.63, 3.8) is 0 Å². The molecule has 1 unspecified atom stereocenters. The second kappa shape index (κ2) is 5.63. The molecule has 0 bridgehead atoms. The second-order valence-electron chi connectivity index (χ2n) is 3.84. The molecule has 17 heavy (non-hydrogen) atoms. The van der Waals surface area contributed by atoms with Crippen LogP contribution >= 0.6 is 27.5 Å². The first-order valence-electron chi connectivity index (χ1n) is 5.26. The van der Waals surface area contributed by atoms with Crippen molar-refractivity contribution in [2.75, 3.05) is 0 Å². The van der Waals surface area contributed by atoms with Gasteiger partial charge in [-0.2, -0.15) is 0 Å². The van der Waals surface area contributed by atoms with Crippen LogP contribution in [0.25, 0.3) is 0 Å². The van der Waals surface area contributed by atoms with Gasteiger partial charge in [-0.1, -0.05) is 17.7 Å². The molecule has 2 rings (SSSR count). The molecular formula is C13H12BrClN2. The number of nitrogens with zero attached hydrogens (tertiary/aromatic N) is 1. The van der Waals surface area contributed by atoms with Crippen LogP contribution < -0.4 is 5.73 Å². The quantitative estimate of drug-likeness (QED) is 0.938. The zero-order valence-corrected chi connectivity index (χ0v) is 11.4. The summed E-state index contributed by atoms with van der Waals surface area (Å²) in [6, 6.07) is 9.70.